The molecule has 1 aliphatic rings. The van der Waals surface area contributed by atoms with Crippen molar-refractivity contribution in [1.29, 1.82) is 0 Å². The van der Waals surface area contributed by atoms with Gasteiger partial charge in [0.05, 0.1) is 12.6 Å². The third kappa shape index (κ3) is 3.26. The molecule has 1 heterocycles. The lowest BCUT2D eigenvalue weighted by molar-refractivity contribution is 0.121. The highest BCUT2D eigenvalue weighted by Crippen LogP contribution is 2.27. The molecule has 18 heavy (non-hydrogen) atoms. The minimum absolute atomic E-state index is 0.115. The number of hydrogen-bond donors (Lipinski definition) is 1. The van der Waals surface area contributed by atoms with E-state index in [1.54, 1.807) is 0 Å². The first-order valence-corrected chi connectivity index (χ1v) is 7.47. The molecule has 4 heteroatoms. The number of rotatable bonds is 2. The van der Waals surface area contributed by atoms with Crippen LogP contribution in [0.5, 0.6) is 0 Å². The Labute approximate surface area is 112 Å². The molecule has 1 aromatic rings. The van der Waals surface area contributed by atoms with E-state index in [4.69, 9.17) is 4.74 Å². The van der Waals surface area contributed by atoms with Crippen LogP contribution in [0, 0.1) is 0 Å². The van der Waals surface area contributed by atoms with E-state index in [1.165, 1.54) is 11.1 Å². The molecule has 3 nitrogen and oxygen atoms in total. The monoisotopic (exact) mass is 267 g/mol. The quantitative estimate of drug-likeness (QED) is 0.838. The molecule has 0 amide bonds. The van der Waals surface area contributed by atoms with Crippen molar-refractivity contribution in [2.45, 2.75) is 44.6 Å². The zero-order chi connectivity index (χ0) is 13.2. The molecule has 1 unspecified atom stereocenters. The summed E-state index contributed by atoms with van der Waals surface area (Å²) in [7, 11) is 0. The van der Waals surface area contributed by atoms with E-state index >= 15 is 0 Å². The first-order chi connectivity index (χ1) is 8.48. The smallest absolute Gasteiger partial charge is 0.136 e. The zero-order valence-electron chi connectivity index (χ0n) is 11.2. The fraction of sp³-hybridized carbons (Fsp3) is 0.571. The van der Waals surface area contributed by atoms with Crippen LogP contribution in [0.25, 0.3) is 0 Å². The van der Waals surface area contributed by atoms with Gasteiger partial charge in [-0.15, -0.1) is 4.72 Å². The van der Waals surface area contributed by atoms with Crippen LogP contribution in [-0.4, -0.2) is 15.9 Å². The predicted octanol–water partition coefficient (Wildman–Crippen LogP) is 2.70. The van der Waals surface area contributed by atoms with E-state index in [9.17, 15) is 4.55 Å². The van der Waals surface area contributed by atoms with E-state index in [0.29, 0.717) is 13.2 Å². The van der Waals surface area contributed by atoms with Crippen LogP contribution in [0.1, 0.15) is 44.4 Å². The molecule has 2 atom stereocenters. The maximum absolute atomic E-state index is 12.2. The molecule has 1 aliphatic heterocycles. The van der Waals surface area contributed by atoms with Crippen LogP contribution >= 0.6 is 0 Å². The van der Waals surface area contributed by atoms with Gasteiger partial charge >= 0.3 is 0 Å². The van der Waals surface area contributed by atoms with Crippen molar-refractivity contribution in [3.63, 3.8) is 0 Å². The third-order valence-electron chi connectivity index (χ3n) is 3.04. The molecule has 2 rings (SSSR count). The molecule has 100 valence electrons. The van der Waals surface area contributed by atoms with E-state index in [0.717, 1.165) is 6.42 Å². The zero-order valence-corrected chi connectivity index (χ0v) is 12.0. The second-order valence-corrected chi connectivity index (χ2v) is 7.59. The Kier molecular flexibility index (Phi) is 4.33. The van der Waals surface area contributed by atoms with Gasteiger partial charge in [0.2, 0.25) is 0 Å². The highest BCUT2D eigenvalue weighted by atomic mass is 32.2. The second-order valence-electron chi connectivity index (χ2n) is 5.59. The van der Waals surface area contributed by atoms with E-state index in [-0.39, 0.29) is 10.8 Å². The summed E-state index contributed by atoms with van der Waals surface area (Å²) in [6.45, 7) is 7.30. The minimum atomic E-state index is -1.06. The highest BCUT2D eigenvalue weighted by molar-refractivity contribution is 7.90. The van der Waals surface area contributed by atoms with Crippen molar-refractivity contribution in [1.82, 2.24) is 4.72 Å². The Morgan fingerprint density at radius 1 is 1.33 bits per heavy atom. The summed E-state index contributed by atoms with van der Waals surface area (Å²) in [6.07, 6.45) is 0.860. The number of nitrogens with one attached hydrogen (secondary N) is 1. The van der Waals surface area contributed by atoms with E-state index in [2.05, 4.69) is 16.9 Å². The van der Waals surface area contributed by atoms with Gasteiger partial charge in [0, 0.05) is 18.0 Å². The van der Waals surface area contributed by atoms with Gasteiger partial charge < -0.3 is 9.29 Å². The molecule has 0 aliphatic carbocycles. The molecule has 0 saturated carbocycles. The number of benzene rings is 1. The van der Waals surface area contributed by atoms with Gasteiger partial charge in [-0.25, -0.2) is 0 Å². The highest BCUT2D eigenvalue weighted by Gasteiger charge is 2.31. The third-order valence-corrected chi connectivity index (χ3v) is 4.66. The summed E-state index contributed by atoms with van der Waals surface area (Å²) >= 11 is -1.06. The molecular formula is C14H21NO2S. The summed E-state index contributed by atoms with van der Waals surface area (Å²) in [5.41, 5.74) is 2.41. The maximum Gasteiger partial charge on any atom is 0.136 e. The van der Waals surface area contributed by atoms with Crippen molar-refractivity contribution in [3.05, 3.63) is 35.4 Å². The molecule has 0 bridgehead atoms. The van der Waals surface area contributed by atoms with Gasteiger partial charge in [-0.1, -0.05) is 24.3 Å². The van der Waals surface area contributed by atoms with E-state index < -0.39 is 11.4 Å². The van der Waals surface area contributed by atoms with Crippen LogP contribution in [0.3, 0.4) is 0 Å². The largest absolute Gasteiger partial charge is 0.598 e. The fourth-order valence-corrected chi connectivity index (χ4v) is 2.83. The summed E-state index contributed by atoms with van der Waals surface area (Å²) < 4.78 is 20.8. The molecule has 1 N–H and O–H groups in total. The van der Waals surface area contributed by atoms with Gasteiger partial charge in [0.15, 0.2) is 0 Å². The van der Waals surface area contributed by atoms with Crippen molar-refractivity contribution in [2.75, 3.05) is 6.61 Å². The van der Waals surface area contributed by atoms with Crippen molar-refractivity contribution in [2.24, 2.45) is 0 Å². The molecule has 0 aromatic heterocycles. The average Bonchev–Trinajstić information content (AvgIpc) is 2.51. The average molecular weight is 267 g/mol. The van der Waals surface area contributed by atoms with Gasteiger partial charge in [0.1, 0.15) is 4.75 Å². The topological polar surface area (TPSA) is 44.3 Å². The molecule has 0 fully saturated rings. The Hall–Kier alpha value is -0.550. The Bertz CT molecular complexity index is 403. The Morgan fingerprint density at radius 3 is 2.78 bits per heavy atom. The van der Waals surface area contributed by atoms with Crippen LogP contribution in [0.15, 0.2) is 24.3 Å². The summed E-state index contributed by atoms with van der Waals surface area (Å²) in [5, 5.41) is 0. The standard InChI is InChI=1S/C14H21NO2S/c1-14(2,3)18(16)15-13-8-9-17-10-11-6-4-5-7-12(11)13/h4-7,13,15H,8-10H2,1-3H3/t13?,18-/m1/s1. The summed E-state index contributed by atoms with van der Waals surface area (Å²) in [6, 6.07) is 8.34. The maximum atomic E-state index is 12.2. The first-order valence-electron chi connectivity index (χ1n) is 6.32. The summed E-state index contributed by atoms with van der Waals surface area (Å²) in [4.78, 5) is 0. The Morgan fingerprint density at radius 2 is 2.06 bits per heavy atom. The molecule has 0 spiro atoms. The fourth-order valence-electron chi connectivity index (χ4n) is 1.97. The lowest BCUT2D eigenvalue weighted by atomic mass is 10.0. The van der Waals surface area contributed by atoms with Gasteiger partial charge in [0.25, 0.3) is 0 Å². The van der Waals surface area contributed by atoms with Crippen LogP contribution in [-0.2, 0) is 22.7 Å². The molecular weight excluding hydrogens is 246 g/mol. The van der Waals surface area contributed by atoms with Gasteiger partial charge in [-0.05, 0) is 38.3 Å². The first kappa shape index (κ1) is 13.9. The Balaban J connectivity index is 2.18. The lowest BCUT2D eigenvalue weighted by Crippen LogP contribution is -2.41. The van der Waals surface area contributed by atoms with E-state index in [1.807, 2.05) is 32.9 Å². The number of fused-ring (bicyclic) bond motifs is 1. The number of hydrogen-bond acceptors (Lipinski definition) is 3. The SMILES string of the molecule is CC(C)(C)[S@@+]([O-])NC1CCOCc2ccccc21. The molecule has 0 radical (unpaired) electrons. The van der Waals surface area contributed by atoms with Crippen molar-refractivity contribution >= 4 is 11.4 Å². The molecule has 0 saturated heterocycles. The number of ether oxygens (including phenoxy) is 1. The normalized spacial score (nSPS) is 22.1. The second kappa shape index (κ2) is 5.61. The van der Waals surface area contributed by atoms with Crippen LogP contribution in [0.4, 0.5) is 0 Å². The van der Waals surface area contributed by atoms with Gasteiger partial charge in [-0.3, -0.25) is 0 Å². The van der Waals surface area contributed by atoms with Crippen LogP contribution < -0.4 is 4.72 Å². The van der Waals surface area contributed by atoms with Gasteiger partial charge in [-0.2, -0.15) is 0 Å². The predicted molar refractivity (Wildman–Crippen MR) is 74.5 cm³/mol. The molecule has 1 aromatic carbocycles. The van der Waals surface area contributed by atoms with Crippen molar-refractivity contribution < 1.29 is 9.29 Å². The summed E-state index contributed by atoms with van der Waals surface area (Å²) in [5.74, 6) is 0. The lowest BCUT2D eigenvalue weighted by Gasteiger charge is -2.28. The van der Waals surface area contributed by atoms with Crippen molar-refractivity contribution in [3.8, 4) is 0 Å². The van der Waals surface area contributed by atoms with Crippen LogP contribution in [0.2, 0.25) is 0 Å². The minimum Gasteiger partial charge on any atom is -0.598 e.